The molecule has 0 fully saturated rings. The average molecular weight is 575 g/mol. The topological polar surface area (TPSA) is 35.0 Å². The lowest BCUT2D eigenvalue weighted by Crippen LogP contribution is -1.85. The summed E-state index contributed by atoms with van der Waals surface area (Å²) >= 11 is 0. The molecular weight excluding hydrogens is 494 g/mol. The Kier molecular flexibility index (Phi) is 47.9. The minimum Gasteiger partial charge on any atom is -0.344 e. The van der Waals surface area contributed by atoms with Gasteiger partial charge in [0.05, 0.1) is 0 Å². The molecule has 240 valence electrons. The Morgan fingerprint density at radius 2 is 0.256 bits per heavy atom. The molecule has 0 bridgehead atoms. The van der Waals surface area contributed by atoms with Crippen molar-refractivity contribution in [2.75, 3.05) is 0 Å². The predicted octanol–water partition coefficient (Wildman–Crippen LogP) is 15.3. The van der Waals surface area contributed by atoms with Crippen molar-refractivity contribution in [3.05, 3.63) is 0 Å². The van der Waals surface area contributed by atoms with Crippen molar-refractivity contribution in [1.82, 2.24) is 6.15 Å². The second kappa shape index (κ2) is 42.7. The Morgan fingerprint density at radius 3 is 0.333 bits per heavy atom. The van der Waals surface area contributed by atoms with Gasteiger partial charge in [-0.05, 0) is 0 Å². The van der Waals surface area contributed by atoms with Gasteiger partial charge in [0.15, 0.2) is 0 Å². The number of halogens is 1. The normalized spacial score (nSPS) is 10.9. The van der Waals surface area contributed by atoms with Crippen LogP contribution < -0.4 is 6.15 Å². The summed E-state index contributed by atoms with van der Waals surface area (Å²) in [6.07, 6.45) is 51.9. The van der Waals surface area contributed by atoms with Crippen molar-refractivity contribution in [3.8, 4) is 0 Å². The van der Waals surface area contributed by atoms with E-state index in [0.717, 1.165) is 0 Å². The van der Waals surface area contributed by atoms with Gasteiger partial charge in [0.2, 0.25) is 0 Å². The van der Waals surface area contributed by atoms with Crippen LogP contribution in [0.25, 0.3) is 0 Å². The predicted molar refractivity (Wildman–Crippen MR) is 185 cm³/mol. The average Bonchev–Trinajstić information content (AvgIpc) is 2.91. The lowest BCUT2D eigenvalue weighted by atomic mass is 10.0. The monoisotopic (exact) mass is 574 g/mol. The van der Waals surface area contributed by atoms with E-state index >= 15 is 0 Å². The Labute approximate surface area is 256 Å². The first kappa shape index (κ1) is 43.7. The van der Waals surface area contributed by atoms with Gasteiger partial charge in [-0.1, -0.05) is 239 Å². The zero-order chi connectivity index (χ0) is 26.7. The maximum atomic E-state index is 2.31. The van der Waals surface area contributed by atoms with Gasteiger partial charge in [0.1, 0.15) is 0 Å². The van der Waals surface area contributed by atoms with Crippen molar-refractivity contribution >= 4 is 12.4 Å². The van der Waals surface area contributed by atoms with Crippen LogP contribution in [-0.2, 0) is 0 Å². The van der Waals surface area contributed by atoms with Gasteiger partial charge in [-0.3, -0.25) is 0 Å². The zero-order valence-corrected chi connectivity index (χ0v) is 28.7. The van der Waals surface area contributed by atoms with Gasteiger partial charge >= 0.3 is 0 Å². The van der Waals surface area contributed by atoms with Crippen LogP contribution in [0.1, 0.15) is 239 Å². The van der Waals surface area contributed by atoms with Gasteiger partial charge in [0.25, 0.3) is 0 Å². The largest absolute Gasteiger partial charge is 0.344 e. The minimum absolute atomic E-state index is 0. The molecule has 0 heterocycles. The lowest BCUT2D eigenvalue weighted by molar-refractivity contribution is 0.511. The Hall–Kier alpha value is 0.250. The molecule has 0 amide bonds. The molecule has 39 heavy (non-hydrogen) atoms. The number of unbranched alkanes of at least 4 members (excludes halogenated alkanes) is 34. The van der Waals surface area contributed by atoms with Crippen LogP contribution in [0, 0.1) is 0 Å². The highest BCUT2D eigenvalue weighted by atomic mass is 35.5. The van der Waals surface area contributed by atoms with E-state index < -0.39 is 0 Å². The van der Waals surface area contributed by atoms with Crippen LogP contribution in [0.3, 0.4) is 0 Å². The summed E-state index contributed by atoms with van der Waals surface area (Å²) in [5.41, 5.74) is 0. The van der Waals surface area contributed by atoms with Crippen molar-refractivity contribution < 1.29 is 0 Å². The molecule has 0 aliphatic carbocycles. The van der Waals surface area contributed by atoms with Gasteiger partial charge in [-0.15, -0.1) is 12.4 Å². The highest BCUT2D eigenvalue weighted by Gasteiger charge is 1.97. The smallest absolute Gasteiger partial charge is 0.0533 e. The van der Waals surface area contributed by atoms with E-state index in [9.17, 15) is 0 Å². The van der Waals surface area contributed by atoms with E-state index in [4.69, 9.17) is 0 Å². The molecule has 1 nitrogen and oxygen atoms in total. The quantitative estimate of drug-likeness (QED) is 0.0763. The molecular formula is C37H80ClN. The summed E-state index contributed by atoms with van der Waals surface area (Å²) in [5, 5.41) is 0. The number of hydrogen-bond donors (Lipinski definition) is 1. The third-order valence-corrected chi connectivity index (χ3v) is 8.71. The van der Waals surface area contributed by atoms with Gasteiger partial charge in [-0.25, -0.2) is 0 Å². The second-order valence-electron chi connectivity index (χ2n) is 12.7. The highest BCUT2D eigenvalue weighted by Crippen LogP contribution is 2.17. The molecule has 0 aromatic carbocycles. The van der Waals surface area contributed by atoms with E-state index in [1.807, 2.05) is 0 Å². The highest BCUT2D eigenvalue weighted by molar-refractivity contribution is 5.85. The van der Waals surface area contributed by atoms with Crippen LogP contribution in [-0.4, -0.2) is 0 Å². The van der Waals surface area contributed by atoms with E-state index in [1.54, 1.807) is 0 Å². The van der Waals surface area contributed by atoms with Gasteiger partial charge in [-0.2, -0.15) is 0 Å². The first-order valence-electron chi connectivity index (χ1n) is 18.4. The second-order valence-corrected chi connectivity index (χ2v) is 12.7. The summed E-state index contributed by atoms with van der Waals surface area (Å²) in [5.74, 6) is 0. The standard InChI is InChI=1S/C37H76.ClH.H3N/c1-3-5-7-9-11-13-15-17-19-21-23-25-27-29-31-33-35-37-36-34-32-30-28-26-24-22-20-18-16-14-12-10-8-6-4-2;;/h3-37H2,1-2H3;1H;1H3. The molecule has 0 spiro atoms. The molecule has 0 aromatic heterocycles. The maximum Gasteiger partial charge on any atom is -0.0533 e. The van der Waals surface area contributed by atoms with E-state index in [1.165, 1.54) is 225 Å². The number of rotatable bonds is 34. The van der Waals surface area contributed by atoms with Crippen LogP contribution in [0.2, 0.25) is 0 Å². The number of hydrogen-bond acceptors (Lipinski definition) is 1. The van der Waals surface area contributed by atoms with Crippen molar-refractivity contribution in [1.29, 1.82) is 0 Å². The fourth-order valence-electron chi connectivity index (χ4n) is 5.98. The Morgan fingerprint density at radius 1 is 0.179 bits per heavy atom. The fourth-order valence-corrected chi connectivity index (χ4v) is 5.98. The molecule has 0 aliphatic rings. The summed E-state index contributed by atoms with van der Waals surface area (Å²) < 4.78 is 0. The van der Waals surface area contributed by atoms with Crippen molar-refractivity contribution in [2.45, 2.75) is 239 Å². The molecule has 2 heteroatoms. The molecule has 3 N–H and O–H groups in total. The fraction of sp³-hybridized carbons (Fsp3) is 1.00. The molecule has 0 aliphatic heterocycles. The Bertz CT molecular complexity index is 338. The first-order valence-corrected chi connectivity index (χ1v) is 18.4. The molecule has 0 saturated heterocycles. The van der Waals surface area contributed by atoms with E-state index in [0.29, 0.717) is 0 Å². The van der Waals surface area contributed by atoms with Crippen molar-refractivity contribution in [3.63, 3.8) is 0 Å². The molecule has 0 aromatic rings. The van der Waals surface area contributed by atoms with Crippen LogP contribution in [0.4, 0.5) is 0 Å². The molecule has 0 atom stereocenters. The van der Waals surface area contributed by atoms with Crippen LogP contribution in [0.15, 0.2) is 0 Å². The summed E-state index contributed by atoms with van der Waals surface area (Å²) in [6, 6.07) is 0. The summed E-state index contributed by atoms with van der Waals surface area (Å²) in [7, 11) is 0. The summed E-state index contributed by atoms with van der Waals surface area (Å²) in [4.78, 5) is 0. The van der Waals surface area contributed by atoms with E-state index in [-0.39, 0.29) is 18.6 Å². The maximum absolute atomic E-state index is 2.31. The molecule has 0 radical (unpaired) electrons. The SMILES string of the molecule is CCCCCCCCCCCCCCCCCCCCCCCCCCCCCCCCCCCCC.Cl.N. The van der Waals surface area contributed by atoms with Crippen LogP contribution in [0.5, 0.6) is 0 Å². The molecule has 0 rings (SSSR count). The third-order valence-electron chi connectivity index (χ3n) is 8.71. The summed E-state index contributed by atoms with van der Waals surface area (Å²) in [6.45, 7) is 4.62. The van der Waals surface area contributed by atoms with Gasteiger partial charge < -0.3 is 6.15 Å². The van der Waals surface area contributed by atoms with E-state index in [2.05, 4.69) is 13.8 Å². The third kappa shape index (κ3) is 42.8. The van der Waals surface area contributed by atoms with Crippen molar-refractivity contribution in [2.24, 2.45) is 0 Å². The Balaban J connectivity index is -0.00000648. The van der Waals surface area contributed by atoms with Crippen LogP contribution >= 0.6 is 12.4 Å². The van der Waals surface area contributed by atoms with Gasteiger partial charge in [0, 0.05) is 0 Å². The molecule has 0 saturated carbocycles. The lowest BCUT2D eigenvalue weighted by Gasteiger charge is -2.05. The zero-order valence-electron chi connectivity index (χ0n) is 27.9. The molecule has 0 unspecified atom stereocenters. The minimum atomic E-state index is 0. The first-order chi connectivity index (χ1) is 18.4.